The van der Waals surface area contributed by atoms with E-state index in [1.54, 1.807) is 11.3 Å². The largest absolute Gasteiger partial charge is 0.323 e. The van der Waals surface area contributed by atoms with Crippen LogP contribution in [-0.2, 0) is 0 Å². The van der Waals surface area contributed by atoms with E-state index in [1.165, 1.54) is 10.3 Å². The van der Waals surface area contributed by atoms with Gasteiger partial charge >= 0.3 is 0 Å². The third-order valence-electron chi connectivity index (χ3n) is 2.37. The fourth-order valence-corrected chi connectivity index (χ4v) is 3.13. The van der Waals surface area contributed by atoms with Crippen molar-refractivity contribution in [3.05, 3.63) is 53.0 Å². The molecule has 0 saturated heterocycles. The van der Waals surface area contributed by atoms with Gasteiger partial charge in [-0.15, -0.1) is 11.3 Å². The highest BCUT2D eigenvalue weighted by molar-refractivity contribution is 9.10. The zero-order valence-electron chi connectivity index (χ0n) is 10.9. The van der Waals surface area contributed by atoms with Gasteiger partial charge in [-0.2, -0.15) is 0 Å². The van der Waals surface area contributed by atoms with Crippen LogP contribution in [0.25, 0.3) is 20.8 Å². The van der Waals surface area contributed by atoms with Crippen LogP contribution in [0.3, 0.4) is 0 Å². The van der Waals surface area contributed by atoms with Gasteiger partial charge in [0.2, 0.25) is 0 Å². The number of nitrogens with one attached hydrogen (secondary N) is 1. The van der Waals surface area contributed by atoms with Crippen LogP contribution in [0.15, 0.2) is 53.0 Å². The molecular weight excluding hydrogens is 320 g/mol. The molecular formula is C15H15BrN2S. The van der Waals surface area contributed by atoms with E-state index in [1.807, 2.05) is 44.4 Å². The summed E-state index contributed by atoms with van der Waals surface area (Å²) in [6.07, 6.45) is 0. The van der Waals surface area contributed by atoms with Gasteiger partial charge in [-0.3, -0.25) is 0 Å². The van der Waals surface area contributed by atoms with Crippen LogP contribution in [0.4, 0.5) is 0 Å². The summed E-state index contributed by atoms with van der Waals surface area (Å²) in [6, 6.07) is 16.5. The Bertz CT molecular complexity index is 650. The van der Waals surface area contributed by atoms with Gasteiger partial charge in [0, 0.05) is 10.0 Å². The Hall–Kier alpha value is -1.23. The SMILES string of the molecule is Brc1ccc2nc(-c3ccccc3)sc2c1.CNC. The molecule has 0 atom stereocenters. The Balaban J connectivity index is 0.000000408. The van der Waals surface area contributed by atoms with E-state index in [0.717, 1.165) is 15.0 Å². The van der Waals surface area contributed by atoms with E-state index >= 15 is 0 Å². The summed E-state index contributed by atoms with van der Waals surface area (Å²) in [7, 11) is 3.75. The highest BCUT2D eigenvalue weighted by Gasteiger charge is 2.05. The molecule has 2 aromatic carbocycles. The lowest BCUT2D eigenvalue weighted by Gasteiger charge is -1.92. The molecule has 0 radical (unpaired) electrons. The predicted molar refractivity (Wildman–Crippen MR) is 87.7 cm³/mol. The van der Waals surface area contributed by atoms with Crippen molar-refractivity contribution in [1.29, 1.82) is 0 Å². The van der Waals surface area contributed by atoms with E-state index in [2.05, 4.69) is 44.4 Å². The highest BCUT2D eigenvalue weighted by Crippen LogP contribution is 2.31. The Labute approximate surface area is 125 Å². The normalized spacial score (nSPS) is 10.1. The van der Waals surface area contributed by atoms with Crippen LogP contribution < -0.4 is 5.32 Å². The van der Waals surface area contributed by atoms with E-state index in [0.29, 0.717) is 0 Å². The molecule has 1 N–H and O–H groups in total. The minimum atomic E-state index is 1.06. The van der Waals surface area contributed by atoms with Crippen molar-refractivity contribution in [2.24, 2.45) is 0 Å². The lowest BCUT2D eigenvalue weighted by molar-refractivity contribution is 1.02. The summed E-state index contributed by atoms with van der Waals surface area (Å²) in [4.78, 5) is 4.62. The van der Waals surface area contributed by atoms with Crippen molar-refractivity contribution in [3.63, 3.8) is 0 Å². The molecule has 19 heavy (non-hydrogen) atoms. The molecule has 1 heterocycles. The lowest BCUT2D eigenvalue weighted by atomic mass is 10.2. The van der Waals surface area contributed by atoms with Gasteiger partial charge in [-0.1, -0.05) is 46.3 Å². The second-order valence-electron chi connectivity index (χ2n) is 4.00. The van der Waals surface area contributed by atoms with Crippen molar-refractivity contribution < 1.29 is 0 Å². The molecule has 1 aromatic heterocycles. The topological polar surface area (TPSA) is 24.9 Å². The third-order valence-corrected chi connectivity index (χ3v) is 3.93. The molecule has 0 fully saturated rings. The molecule has 0 amide bonds. The molecule has 2 nitrogen and oxygen atoms in total. The molecule has 3 rings (SSSR count). The van der Waals surface area contributed by atoms with Crippen molar-refractivity contribution in [2.75, 3.05) is 14.1 Å². The van der Waals surface area contributed by atoms with E-state index in [9.17, 15) is 0 Å². The second-order valence-corrected chi connectivity index (χ2v) is 5.94. The van der Waals surface area contributed by atoms with Crippen molar-refractivity contribution in [2.45, 2.75) is 0 Å². The number of hydrogen-bond acceptors (Lipinski definition) is 3. The number of nitrogens with zero attached hydrogens (tertiary/aromatic N) is 1. The summed E-state index contributed by atoms with van der Waals surface area (Å²) >= 11 is 5.20. The summed E-state index contributed by atoms with van der Waals surface area (Å²) < 4.78 is 2.32. The fraction of sp³-hybridized carbons (Fsp3) is 0.133. The average molecular weight is 335 g/mol. The third kappa shape index (κ3) is 3.62. The minimum absolute atomic E-state index is 1.06. The standard InChI is InChI=1S/C13H8BrNS.C2H7N/c14-10-6-7-11-12(8-10)16-13(15-11)9-4-2-1-3-5-9;1-3-2/h1-8H;3H,1-2H3. The maximum Gasteiger partial charge on any atom is 0.124 e. The smallest absolute Gasteiger partial charge is 0.124 e. The van der Waals surface area contributed by atoms with Crippen LogP contribution in [-0.4, -0.2) is 19.1 Å². The zero-order valence-corrected chi connectivity index (χ0v) is 13.3. The van der Waals surface area contributed by atoms with Crippen LogP contribution in [0.5, 0.6) is 0 Å². The second kappa shape index (κ2) is 6.80. The van der Waals surface area contributed by atoms with Gasteiger partial charge in [0.05, 0.1) is 10.2 Å². The van der Waals surface area contributed by atoms with E-state index in [-0.39, 0.29) is 0 Å². The predicted octanol–water partition coefficient (Wildman–Crippen LogP) is 4.56. The zero-order chi connectivity index (χ0) is 13.7. The molecule has 0 aliphatic rings. The molecule has 0 bridgehead atoms. The first-order valence-electron chi connectivity index (χ1n) is 5.94. The van der Waals surface area contributed by atoms with Crippen LogP contribution in [0.2, 0.25) is 0 Å². The van der Waals surface area contributed by atoms with Gasteiger partial charge in [-0.05, 0) is 32.3 Å². The first-order valence-corrected chi connectivity index (χ1v) is 7.55. The number of benzene rings is 2. The van der Waals surface area contributed by atoms with Crippen LogP contribution in [0, 0.1) is 0 Å². The van der Waals surface area contributed by atoms with Gasteiger partial charge in [0.1, 0.15) is 5.01 Å². The number of aromatic nitrogens is 1. The van der Waals surface area contributed by atoms with Crippen molar-refractivity contribution in [1.82, 2.24) is 10.3 Å². The van der Waals surface area contributed by atoms with Crippen molar-refractivity contribution in [3.8, 4) is 10.6 Å². The first-order chi connectivity index (χ1) is 9.24. The maximum absolute atomic E-state index is 4.62. The number of rotatable bonds is 1. The fourth-order valence-electron chi connectivity index (χ4n) is 1.60. The number of hydrogen-bond donors (Lipinski definition) is 1. The summed E-state index contributed by atoms with van der Waals surface area (Å²) in [5.74, 6) is 0. The van der Waals surface area contributed by atoms with Crippen LogP contribution in [0.1, 0.15) is 0 Å². The lowest BCUT2D eigenvalue weighted by Crippen LogP contribution is -1.89. The maximum atomic E-state index is 4.62. The molecule has 0 spiro atoms. The summed E-state index contributed by atoms with van der Waals surface area (Å²) in [5, 5.41) is 3.83. The molecule has 0 aliphatic carbocycles. The van der Waals surface area contributed by atoms with Gasteiger partial charge in [0.25, 0.3) is 0 Å². The Morgan fingerprint density at radius 2 is 1.74 bits per heavy atom. The number of halogens is 1. The average Bonchev–Trinajstić information content (AvgIpc) is 2.83. The number of fused-ring (bicyclic) bond motifs is 1. The molecule has 0 unspecified atom stereocenters. The molecule has 98 valence electrons. The highest BCUT2D eigenvalue weighted by atomic mass is 79.9. The quantitative estimate of drug-likeness (QED) is 0.705. The van der Waals surface area contributed by atoms with E-state index < -0.39 is 0 Å². The van der Waals surface area contributed by atoms with E-state index in [4.69, 9.17) is 0 Å². The van der Waals surface area contributed by atoms with Gasteiger partial charge in [-0.25, -0.2) is 4.98 Å². The summed E-state index contributed by atoms with van der Waals surface area (Å²) in [6.45, 7) is 0. The first kappa shape index (κ1) is 14.2. The Kier molecular flexibility index (Phi) is 5.07. The number of thiazole rings is 1. The van der Waals surface area contributed by atoms with Crippen molar-refractivity contribution >= 4 is 37.5 Å². The minimum Gasteiger partial charge on any atom is -0.323 e. The Morgan fingerprint density at radius 1 is 1.05 bits per heavy atom. The monoisotopic (exact) mass is 334 g/mol. The molecule has 0 saturated carbocycles. The molecule has 3 aromatic rings. The van der Waals surface area contributed by atoms with Gasteiger partial charge < -0.3 is 5.32 Å². The molecule has 0 aliphatic heterocycles. The molecule has 4 heteroatoms. The summed E-state index contributed by atoms with van der Waals surface area (Å²) in [5.41, 5.74) is 2.24. The Morgan fingerprint density at radius 3 is 2.42 bits per heavy atom. The van der Waals surface area contributed by atoms with Crippen LogP contribution >= 0.6 is 27.3 Å². The van der Waals surface area contributed by atoms with Gasteiger partial charge in [0.15, 0.2) is 0 Å².